The summed E-state index contributed by atoms with van der Waals surface area (Å²) in [5.74, 6) is 0.403. The van der Waals surface area contributed by atoms with E-state index < -0.39 is 5.97 Å². The van der Waals surface area contributed by atoms with E-state index in [1.165, 1.54) is 11.8 Å². The second-order valence-electron chi connectivity index (χ2n) is 4.75. The van der Waals surface area contributed by atoms with E-state index in [9.17, 15) is 4.79 Å². The van der Waals surface area contributed by atoms with Crippen LogP contribution in [0.15, 0.2) is 48.0 Å². The number of carbonyl (C=O) groups is 1. The molecule has 116 valence electrons. The Morgan fingerprint density at radius 3 is 2.65 bits per heavy atom. The summed E-state index contributed by atoms with van der Waals surface area (Å²) >= 11 is 1.52. The normalized spacial score (nSPS) is 10.7. The summed E-state index contributed by atoms with van der Waals surface area (Å²) in [4.78, 5) is 19.1. The zero-order valence-electron chi connectivity index (χ0n) is 12.2. The first-order valence-electron chi connectivity index (χ1n) is 6.76. The predicted octanol–water partition coefficient (Wildman–Crippen LogP) is 2.26. The Morgan fingerprint density at radius 1 is 1.22 bits per heavy atom. The highest BCUT2D eigenvalue weighted by Crippen LogP contribution is 2.24. The van der Waals surface area contributed by atoms with Crippen LogP contribution in [-0.4, -0.2) is 35.8 Å². The molecule has 0 radical (unpaired) electrons. The van der Waals surface area contributed by atoms with E-state index in [4.69, 9.17) is 5.11 Å². The Hall–Kier alpha value is -2.74. The van der Waals surface area contributed by atoms with Crippen LogP contribution in [0.5, 0.6) is 0 Å². The third kappa shape index (κ3) is 3.37. The fourth-order valence-corrected chi connectivity index (χ4v) is 2.84. The molecule has 0 atom stereocenters. The van der Waals surface area contributed by atoms with Gasteiger partial charge in [0.05, 0.1) is 11.8 Å². The highest BCUT2D eigenvalue weighted by molar-refractivity contribution is 7.98. The van der Waals surface area contributed by atoms with Crippen LogP contribution in [0.3, 0.4) is 0 Å². The van der Waals surface area contributed by atoms with Crippen molar-refractivity contribution in [1.29, 1.82) is 0 Å². The van der Waals surface area contributed by atoms with E-state index in [1.807, 2.05) is 11.6 Å². The molecule has 0 aliphatic rings. The van der Waals surface area contributed by atoms with Crippen molar-refractivity contribution in [1.82, 2.24) is 24.7 Å². The van der Waals surface area contributed by atoms with Gasteiger partial charge in [-0.15, -0.1) is 10.2 Å². The Morgan fingerprint density at radius 2 is 2.00 bits per heavy atom. The first-order valence-corrected chi connectivity index (χ1v) is 7.74. The summed E-state index contributed by atoms with van der Waals surface area (Å²) in [6, 6.07) is 6.80. The minimum absolute atomic E-state index is 0.280. The third-order valence-corrected chi connectivity index (χ3v) is 4.29. The lowest BCUT2D eigenvalue weighted by Crippen LogP contribution is -1.97. The van der Waals surface area contributed by atoms with Crippen molar-refractivity contribution in [3.63, 3.8) is 0 Å². The first kappa shape index (κ1) is 15.2. The molecule has 23 heavy (non-hydrogen) atoms. The molecule has 1 aromatic carbocycles. The maximum Gasteiger partial charge on any atom is 0.335 e. The number of aromatic carboxylic acids is 1. The summed E-state index contributed by atoms with van der Waals surface area (Å²) in [6.07, 6.45) is 4.86. The molecule has 0 spiro atoms. The van der Waals surface area contributed by atoms with Crippen molar-refractivity contribution < 1.29 is 9.90 Å². The van der Waals surface area contributed by atoms with Crippen molar-refractivity contribution in [2.75, 3.05) is 0 Å². The van der Waals surface area contributed by atoms with Gasteiger partial charge >= 0.3 is 5.97 Å². The fraction of sp³-hybridized carbons (Fsp3) is 0.133. The number of rotatable bonds is 5. The number of thioether (sulfide) groups is 1. The molecule has 2 heterocycles. The zero-order chi connectivity index (χ0) is 16.2. The van der Waals surface area contributed by atoms with Crippen molar-refractivity contribution in [3.05, 3.63) is 54.0 Å². The SMILES string of the molecule is Cn1c(SCc2ccc(C(=O)O)cc2)nnc1-c1cnccn1. The lowest BCUT2D eigenvalue weighted by Gasteiger charge is -2.04. The van der Waals surface area contributed by atoms with Gasteiger partial charge in [0.15, 0.2) is 11.0 Å². The molecule has 0 saturated heterocycles. The molecule has 0 unspecified atom stereocenters. The van der Waals surface area contributed by atoms with Gasteiger partial charge in [-0.05, 0) is 17.7 Å². The van der Waals surface area contributed by atoms with Crippen molar-refractivity contribution in [2.24, 2.45) is 7.05 Å². The highest BCUT2D eigenvalue weighted by atomic mass is 32.2. The van der Waals surface area contributed by atoms with Gasteiger partial charge in [-0.25, -0.2) is 9.78 Å². The Labute approximate surface area is 136 Å². The Balaban J connectivity index is 1.72. The second kappa shape index (κ2) is 6.57. The minimum atomic E-state index is -0.925. The van der Waals surface area contributed by atoms with E-state index in [0.29, 0.717) is 17.3 Å². The van der Waals surface area contributed by atoms with Crippen LogP contribution in [0.4, 0.5) is 0 Å². The summed E-state index contributed by atoms with van der Waals surface area (Å²) in [5, 5.41) is 18.0. The molecule has 0 bridgehead atoms. The number of carboxylic acid groups (broad SMARTS) is 1. The van der Waals surface area contributed by atoms with E-state index in [0.717, 1.165) is 10.7 Å². The van der Waals surface area contributed by atoms with Gasteiger partial charge in [0, 0.05) is 25.2 Å². The lowest BCUT2D eigenvalue weighted by molar-refractivity contribution is 0.0697. The van der Waals surface area contributed by atoms with Crippen molar-refractivity contribution in [3.8, 4) is 11.5 Å². The number of hydrogen-bond acceptors (Lipinski definition) is 6. The molecule has 2 aromatic heterocycles. The molecule has 1 N–H and O–H groups in total. The maximum atomic E-state index is 10.8. The topological polar surface area (TPSA) is 93.8 Å². The van der Waals surface area contributed by atoms with Crippen LogP contribution >= 0.6 is 11.8 Å². The van der Waals surface area contributed by atoms with E-state index >= 15 is 0 Å². The number of aromatic nitrogens is 5. The Kier molecular flexibility index (Phi) is 4.33. The van der Waals surface area contributed by atoms with Gasteiger partial charge in [0.25, 0.3) is 0 Å². The van der Waals surface area contributed by atoms with Crippen LogP contribution in [0.25, 0.3) is 11.5 Å². The van der Waals surface area contributed by atoms with Crippen LogP contribution in [0, 0.1) is 0 Å². The summed E-state index contributed by atoms with van der Waals surface area (Å²) in [5.41, 5.74) is 1.96. The summed E-state index contributed by atoms with van der Waals surface area (Å²) in [7, 11) is 1.87. The van der Waals surface area contributed by atoms with Crippen molar-refractivity contribution in [2.45, 2.75) is 10.9 Å². The fourth-order valence-electron chi connectivity index (χ4n) is 1.97. The molecule has 3 rings (SSSR count). The molecule has 0 amide bonds. The number of hydrogen-bond donors (Lipinski definition) is 1. The zero-order valence-corrected chi connectivity index (χ0v) is 13.1. The summed E-state index contributed by atoms with van der Waals surface area (Å²) < 4.78 is 1.86. The van der Waals surface area contributed by atoms with Crippen LogP contribution in [0.2, 0.25) is 0 Å². The molecular formula is C15H13N5O2S. The smallest absolute Gasteiger partial charge is 0.335 e. The van der Waals surface area contributed by atoms with Gasteiger partial charge in [0.1, 0.15) is 5.69 Å². The van der Waals surface area contributed by atoms with Crippen LogP contribution in [0.1, 0.15) is 15.9 Å². The molecular weight excluding hydrogens is 314 g/mol. The van der Waals surface area contributed by atoms with Crippen molar-refractivity contribution >= 4 is 17.7 Å². The standard InChI is InChI=1S/C15H13N5O2S/c1-20-13(12-8-16-6-7-17-12)18-19-15(20)23-9-10-2-4-11(5-3-10)14(21)22/h2-8H,9H2,1H3,(H,21,22). The van der Waals surface area contributed by atoms with Crippen LogP contribution < -0.4 is 0 Å². The predicted molar refractivity (Wildman–Crippen MR) is 85.0 cm³/mol. The molecule has 7 nitrogen and oxygen atoms in total. The monoisotopic (exact) mass is 327 g/mol. The van der Waals surface area contributed by atoms with E-state index in [1.54, 1.807) is 42.9 Å². The van der Waals surface area contributed by atoms with Gasteiger partial charge in [-0.1, -0.05) is 23.9 Å². The molecule has 3 aromatic rings. The molecule has 8 heteroatoms. The number of nitrogens with zero attached hydrogens (tertiary/aromatic N) is 5. The average Bonchev–Trinajstić information content (AvgIpc) is 2.95. The van der Waals surface area contributed by atoms with Gasteiger partial charge in [-0.2, -0.15) is 0 Å². The minimum Gasteiger partial charge on any atom is -0.478 e. The second-order valence-corrected chi connectivity index (χ2v) is 5.69. The summed E-state index contributed by atoms with van der Waals surface area (Å²) in [6.45, 7) is 0. The van der Waals surface area contributed by atoms with Gasteiger partial charge in [0.2, 0.25) is 0 Å². The van der Waals surface area contributed by atoms with E-state index in [-0.39, 0.29) is 5.56 Å². The van der Waals surface area contributed by atoms with E-state index in [2.05, 4.69) is 20.2 Å². The molecule has 0 saturated carbocycles. The molecule has 0 aliphatic heterocycles. The van der Waals surface area contributed by atoms with Gasteiger partial charge in [-0.3, -0.25) is 4.98 Å². The maximum absolute atomic E-state index is 10.8. The number of carboxylic acids is 1. The quantitative estimate of drug-likeness (QED) is 0.718. The van der Waals surface area contributed by atoms with Crippen LogP contribution in [-0.2, 0) is 12.8 Å². The first-order chi connectivity index (χ1) is 11.1. The highest BCUT2D eigenvalue weighted by Gasteiger charge is 2.12. The van der Waals surface area contributed by atoms with Gasteiger partial charge < -0.3 is 9.67 Å². The largest absolute Gasteiger partial charge is 0.478 e. The molecule has 0 fully saturated rings. The number of benzene rings is 1. The molecule has 0 aliphatic carbocycles. The third-order valence-electron chi connectivity index (χ3n) is 3.20. The average molecular weight is 327 g/mol. The Bertz CT molecular complexity index is 818. The lowest BCUT2D eigenvalue weighted by atomic mass is 10.1.